The minimum Gasteiger partial charge on any atom is -0.490 e. The fraction of sp³-hybridized carbons (Fsp3) is 0.250. The summed E-state index contributed by atoms with van der Waals surface area (Å²) in [6.45, 7) is 2.41. The molecule has 0 bridgehead atoms. The minimum atomic E-state index is -0.529. The van der Waals surface area contributed by atoms with Gasteiger partial charge in [0.05, 0.1) is 12.2 Å². The van der Waals surface area contributed by atoms with Gasteiger partial charge in [0.15, 0.2) is 0 Å². The molecule has 2 aromatic carbocycles. The van der Waals surface area contributed by atoms with Crippen LogP contribution in [0, 0.1) is 0 Å². The molecule has 0 aliphatic rings. The van der Waals surface area contributed by atoms with Gasteiger partial charge in [0, 0.05) is 29.3 Å². The summed E-state index contributed by atoms with van der Waals surface area (Å²) in [6, 6.07) is 11.3. The van der Waals surface area contributed by atoms with Gasteiger partial charge < -0.3 is 14.8 Å². The number of benzene rings is 2. The van der Waals surface area contributed by atoms with Crippen LogP contribution in [-0.2, 0) is 9.53 Å². The van der Waals surface area contributed by atoms with Crippen LogP contribution >= 0.6 is 15.9 Å². The quantitative estimate of drug-likeness (QED) is 0.412. The van der Waals surface area contributed by atoms with Gasteiger partial charge in [0.2, 0.25) is 5.91 Å². The van der Waals surface area contributed by atoms with Gasteiger partial charge in [0.25, 0.3) is 11.8 Å². The summed E-state index contributed by atoms with van der Waals surface area (Å²) >= 11 is 3.31. The maximum atomic E-state index is 12.5. The molecule has 0 atom stereocenters. The molecule has 0 saturated heterocycles. The second kappa shape index (κ2) is 11.2. The molecule has 0 heterocycles. The number of hydrazine groups is 1. The number of carbonyl (C=O) groups is 3. The zero-order valence-electron chi connectivity index (χ0n) is 16.1. The van der Waals surface area contributed by atoms with E-state index in [2.05, 4.69) is 32.1 Å². The van der Waals surface area contributed by atoms with Gasteiger partial charge in [-0.15, -0.1) is 0 Å². The molecule has 2 rings (SSSR count). The van der Waals surface area contributed by atoms with E-state index in [1.54, 1.807) is 56.5 Å². The molecule has 3 amide bonds. The van der Waals surface area contributed by atoms with Crippen molar-refractivity contribution in [3.8, 4) is 5.75 Å². The Bertz CT molecular complexity index is 871. The first kappa shape index (κ1) is 22.4. The highest BCUT2D eigenvalue weighted by Crippen LogP contribution is 2.23. The molecule has 0 unspecified atom stereocenters. The van der Waals surface area contributed by atoms with E-state index in [4.69, 9.17) is 9.47 Å². The standard InChI is InChI=1S/C20H22BrN3O5/c1-3-18(25)22-15-7-4-13(5-8-15)19(26)23-24-20(27)16-12-14(21)6-9-17(16)29-11-10-28-2/h4-9,12H,3,10-11H2,1-2H3,(H,22,25)(H,23,26)(H,24,27). The summed E-state index contributed by atoms with van der Waals surface area (Å²) in [6.07, 6.45) is 0.362. The van der Waals surface area contributed by atoms with Crippen molar-refractivity contribution in [3.63, 3.8) is 0 Å². The number of carbonyl (C=O) groups excluding carboxylic acids is 3. The zero-order chi connectivity index (χ0) is 21.2. The van der Waals surface area contributed by atoms with Crippen molar-refractivity contribution >= 4 is 39.3 Å². The summed E-state index contributed by atoms with van der Waals surface area (Å²) in [5.74, 6) is -0.775. The fourth-order valence-corrected chi connectivity index (χ4v) is 2.61. The molecular weight excluding hydrogens is 442 g/mol. The molecule has 8 nitrogen and oxygen atoms in total. The summed E-state index contributed by atoms with van der Waals surface area (Å²) < 4.78 is 11.2. The van der Waals surface area contributed by atoms with Crippen LogP contribution in [-0.4, -0.2) is 38.0 Å². The van der Waals surface area contributed by atoms with Crippen LogP contribution in [0.5, 0.6) is 5.75 Å². The van der Waals surface area contributed by atoms with Gasteiger partial charge in [-0.1, -0.05) is 22.9 Å². The number of rotatable bonds is 8. The molecule has 0 aliphatic carbocycles. The van der Waals surface area contributed by atoms with E-state index in [-0.39, 0.29) is 18.1 Å². The number of nitrogens with one attached hydrogen (secondary N) is 3. The third-order valence-corrected chi connectivity index (χ3v) is 4.27. The normalized spacial score (nSPS) is 10.2. The van der Waals surface area contributed by atoms with Gasteiger partial charge in [-0.25, -0.2) is 0 Å². The Labute approximate surface area is 177 Å². The van der Waals surface area contributed by atoms with E-state index >= 15 is 0 Å². The molecule has 2 aromatic rings. The predicted octanol–water partition coefficient (Wildman–Crippen LogP) is 2.90. The van der Waals surface area contributed by atoms with Crippen LogP contribution < -0.4 is 20.9 Å². The minimum absolute atomic E-state index is 0.119. The first-order chi connectivity index (χ1) is 13.9. The number of methoxy groups -OCH3 is 1. The number of hydrogen-bond donors (Lipinski definition) is 3. The molecule has 3 N–H and O–H groups in total. The lowest BCUT2D eigenvalue weighted by atomic mass is 10.2. The summed E-state index contributed by atoms with van der Waals surface area (Å²) in [5.41, 5.74) is 5.90. The van der Waals surface area contributed by atoms with Gasteiger partial charge >= 0.3 is 0 Å². The Balaban J connectivity index is 1.98. The number of ether oxygens (including phenoxy) is 2. The molecule has 0 spiro atoms. The smallest absolute Gasteiger partial charge is 0.273 e. The van der Waals surface area contributed by atoms with E-state index < -0.39 is 11.8 Å². The van der Waals surface area contributed by atoms with E-state index in [1.165, 1.54) is 0 Å². The van der Waals surface area contributed by atoms with Crippen LogP contribution in [0.15, 0.2) is 46.9 Å². The second-order valence-corrected chi connectivity index (χ2v) is 6.78. The van der Waals surface area contributed by atoms with Crippen molar-refractivity contribution in [1.29, 1.82) is 0 Å². The third kappa shape index (κ3) is 6.88. The van der Waals surface area contributed by atoms with Gasteiger partial charge in [0.1, 0.15) is 12.4 Å². The lowest BCUT2D eigenvalue weighted by Gasteiger charge is -2.13. The van der Waals surface area contributed by atoms with E-state index in [0.717, 1.165) is 0 Å². The fourth-order valence-electron chi connectivity index (χ4n) is 2.25. The van der Waals surface area contributed by atoms with Crippen molar-refractivity contribution in [2.75, 3.05) is 25.6 Å². The third-order valence-electron chi connectivity index (χ3n) is 3.77. The summed E-state index contributed by atoms with van der Waals surface area (Å²) in [7, 11) is 1.55. The Morgan fingerprint density at radius 1 is 0.966 bits per heavy atom. The lowest BCUT2D eigenvalue weighted by Crippen LogP contribution is -2.41. The van der Waals surface area contributed by atoms with Crippen LogP contribution in [0.4, 0.5) is 5.69 Å². The van der Waals surface area contributed by atoms with Crippen molar-refractivity contribution in [2.24, 2.45) is 0 Å². The highest BCUT2D eigenvalue weighted by molar-refractivity contribution is 9.10. The molecule has 0 saturated carbocycles. The molecule has 0 radical (unpaired) electrons. The topological polar surface area (TPSA) is 106 Å². The average Bonchev–Trinajstić information content (AvgIpc) is 2.73. The first-order valence-corrected chi connectivity index (χ1v) is 9.65. The van der Waals surface area contributed by atoms with Gasteiger partial charge in [-0.3, -0.25) is 25.2 Å². The molecule has 9 heteroatoms. The highest BCUT2D eigenvalue weighted by Gasteiger charge is 2.15. The number of hydrogen-bond acceptors (Lipinski definition) is 5. The first-order valence-electron chi connectivity index (χ1n) is 8.86. The molecule has 29 heavy (non-hydrogen) atoms. The molecule has 0 aliphatic heterocycles. The number of anilines is 1. The zero-order valence-corrected chi connectivity index (χ0v) is 17.7. The van der Waals surface area contributed by atoms with E-state index in [0.29, 0.717) is 34.5 Å². The van der Waals surface area contributed by atoms with Crippen LogP contribution in [0.1, 0.15) is 34.1 Å². The Morgan fingerprint density at radius 2 is 1.66 bits per heavy atom. The maximum Gasteiger partial charge on any atom is 0.273 e. The number of halogens is 1. The Hall–Kier alpha value is -2.91. The monoisotopic (exact) mass is 463 g/mol. The predicted molar refractivity (Wildman–Crippen MR) is 112 cm³/mol. The van der Waals surface area contributed by atoms with E-state index in [1.807, 2.05) is 0 Å². The van der Waals surface area contributed by atoms with Crippen molar-refractivity contribution < 1.29 is 23.9 Å². The summed E-state index contributed by atoms with van der Waals surface area (Å²) in [4.78, 5) is 36.1. The van der Waals surface area contributed by atoms with Crippen LogP contribution in [0.3, 0.4) is 0 Å². The highest BCUT2D eigenvalue weighted by atomic mass is 79.9. The van der Waals surface area contributed by atoms with Gasteiger partial charge in [-0.2, -0.15) is 0 Å². The lowest BCUT2D eigenvalue weighted by molar-refractivity contribution is -0.115. The second-order valence-electron chi connectivity index (χ2n) is 5.87. The Kier molecular flexibility index (Phi) is 8.63. The van der Waals surface area contributed by atoms with Gasteiger partial charge in [-0.05, 0) is 42.5 Å². The maximum absolute atomic E-state index is 12.5. The largest absolute Gasteiger partial charge is 0.490 e. The molecular formula is C20H22BrN3O5. The van der Waals surface area contributed by atoms with Crippen molar-refractivity contribution in [3.05, 3.63) is 58.1 Å². The molecule has 154 valence electrons. The van der Waals surface area contributed by atoms with Crippen LogP contribution in [0.2, 0.25) is 0 Å². The average molecular weight is 464 g/mol. The van der Waals surface area contributed by atoms with E-state index in [9.17, 15) is 14.4 Å². The Morgan fingerprint density at radius 3 is 2.31 bits per heavy atom. The van der Waals surface area contributed by atoms with Crippen LogP contribution in [0.25, 0.3) is 0 Å². The molecule has 0 aromatic heterocycles. The van der Waals surface area contributed by atoms with Crippen molar-refractivity contribution in [1.82, 2.24) is 10.9 Å². The molecule has 0 fully saturated rings. The number of amides is 3. The summed E-state index contributed by atoms with van der Waals surface area (Å²) in [5, 5.41) is 2.69. The van der Waals surface area contributed by atoms with Crippen molar-refractivity contribution in [2.45, 2.75) is 13.3 Å². The SMILES string of the molecule is CCC(=O)Nc1ccc(C(=O)NNC(=O)c2cc(Br)ccc2OCCOC)cc1.